The van der Waals surface area contributed by atoms with Crippen LogP contribution in [-0.2, 0) is 11.2 Å². The van der Waals surface area contributed by atoms with Crippen LogP contribution in [-0.4, -0.2) is 22.0 Å². The number of halogens is 2. The molecule has 3 rings (SSSR count). The van der Waals surface area contributed by atoms with Gasteiger partial charge in [0.2, 0.25) is 17.6 Å². The average Bonchev–Trinajstić information content (AvgIpc) is 3.29. The zero-order chi connectivity index (χ0) is 19.4. The van der Waals surface area contributed by atoms with Crippen LogP contribution in [0.2, 0.25) is 0 Å². The number of aromatic nitrogens is 2. The number of thiophene rings is 1. The smallest absolute Gasteiger partial charge is 0.279 e. The molecule has 0 atom stereocenters. The number of carbonyl (C=O) groups excluding carboxylic acids is 2. The summed E-state index contributed by atoms with van der Waals surface area (Å²) in [6.07, 6.45) is 0.228. The number of rotatable bonds is 5. The molecule has 0 aliphatic carbocycles. The first-order valence-electron chi connectivity index (χ1n) is 7.86. The Labute approximate surface area is 166 Å². The van der Waals surface area contributed by atoms with Gasteiger partial charge in [-0.2, -0.15) is 4.98 Å². The summed E-state index contributed by atoms with van der Waals surface area (Å²) < 4.78 is 19.5. The zero-order valence-corrected chi connectivity index (χ0v) is 16.5. The second kappa shape index (κ2) is 8.40. The summed E-state index contributed by atoms with van der Waals surface area (Å²) in [5.41, 5.74) is 5.68. The summed E-state index contributed by atoms with van der Waals surface area (Å²) in [5, 5.41) is 3.79. The molecule has 0 saturated heterocycles. The Morgan fingerprint density at radius 2 is 2.07 bits per heavy atom. The second-order valence-electron chi connectivity index (χ2n) is 5.58. The SMILES string of the molecule is Cc1ccc(-c2noc(CCC(=O)NNC(=O)c3ccc(Br)s3)n2)cc1F. The maximum absolute atomic E-state index is 13.6. The van der Waals surface area contributed by atoms with E-state index >= 15 is 0 Å². The summed E-state index contributed by atoms with van der Waals surface area (Å²) in [4.78, 5) is 28.3. The van der Waals surface area contributed by atoms with E-state index in [0.29, 0.717) is 16.0 Å². The monoisotopic (exact) mass is 452 g/mol. The van der Waals surface area contributed by atoms with Crippen molar-refractivity contribution in [3.8, 4) is 11.4 Å². The van der Waals surface area contributed by atoms with Gasteiger partial charge in [-0.05, 0) is 46.6 Å². The Morgan fingerprint density at radius 3 is 2.78 bits per heavy atom. The molecule has 2 N–H and O–H groups in total. The molecular weight excluding hydrogens is 439 g/mol. The van der Waals surface area contributed by atoms with Crippen molar-refractivity contribution in [1.82, 2.24) is 21.0 Å². The van der Waals surface area contributed by atoms with Gasteiger partial charge in [0, 0.05) is 18.4 Å². The molecule has 27 heavy (non-hydrogen) atoms. The largest absolute Gasteiger partial charge is 0.339 e. The standard InChI is InChI=1S/C17H14BrFN4O3S/c1-9-2-3-10(8-11(9)19)16-20-15(26-23-16)7-6-14(24)21-22-17(25)12-4-5-13(18)27-12/h2-5,8H,6-7H2,1H3,(H,21,24)(H,22,25). The van der Waals surface area contributed by atoms with Gasteiger partial charge in [-0.3, -0.25) is 20.4 Å². The highest BCUT2D eigenvalue weighted by molar-refractivity contribution is 9.11. The van der Waals surface area contributed by atoms with Crippen LogP contribution in [0.4, 0.5) is 4.39 Å². The summed E-state index contributed by atoms with van der Waals surface area (Å²) >= 11 is 4.52. The molecule has 0 saturated carbocycles. The molecule has 2 amide bonds. The van der Waals surface area contributed by atoms with E-state index in [0.717, 1.165) is 3.79 Å². The lowest BCUT2D eigenvalue weighted by Crippen LogP contribution is -2.41. The lowest BCUT2D eigenvalue weighted by atomic mass is 10.1. The van der Waals surface area contributed by atoms with Gasteiger partial charge in [-0.15, -0.1) is 11.3 Å². The van der Waals surface area contributed by atoms with Crippen LogP contribution in [0.3, 0.4) is 0 Å². The molecule has 2 aromatic heterocycles. The van der Waals surface area contributed by atoms with Crippen molar-refractivity contribution < 1.29 is 18.5 Å². The third kappa shape index (κ3) is 4.98. The van der Waals surface area contributed by atoms with Gasteiger partial charge >= 0.3 is 0 Å². The Bertz CT molecular complexity index is 988. The number of hydrazine groups is 1. The van der Waals surface area contributed by atoms with E-state index in [9.17, 15) is 14.0 Å². The van der Waals surface area contributed by atoms with Gasteiger partial charge in [0.05, 0.1) is 8.66 Å². The van der Waals surface area contributed by atoms with Gasteiger partial charge in [-0.25, -0.2) is 4.39 Å². The maximum atomic E-state index is 13.6. The Morgan fingerprint density at radius 1 is 1.26 bits per heavy atom. The minimum Gasteiger partial charge on any atom is -0.339 e. The van der Waals surface area contributed by atoms with Gasteiger partial charge in [-0.1, -0.05) is 17.3 Å². The number of nitrogens with one attached hydrogen (secondary N) is 2. The third-order valence-electron chi connectivity index (χ3n) is 3.58. The first kappa shape index (κ1) is 19.2. The van der Waals surface area contributed by atoms with E-state index in [2.05, 4.69) is 36.9 Å². The molecular formula is C17H14BrFN4O3S. The highest BCUT2D eigenvalue weighted by Crippen LogP contribution is 2.21. The molecule has 0 aliphatic rings. The van der Waals surface area contributed by atoms with E-state index < -0.39 is 11.8 Å². The predicted octanol–water partition coefficient (Wildman–Crippen LogP) is 3.40. The van der Waals surface area contributed by atoms with Crippen LogP contribution >= 0.6 is 27.3 Å². The predicted molar refractivity (Wildman–Crippen MR) is 100 cm³/mol. The Kier molecular flexibility index (Phi) is 5.97. The summed E-state index contributed by atoms with van der Waals surface area (Å²) in [5.74, 6) is -0.664. The molecule has 7 nitrogen and oxygen atoms in total. The first-order chi connectivity index (χ1) is 12.9. The first-order valence-corrected chi connectivity index (χ1v) is 9.47. The van der Waals surface area contributed by atoms with Crippen molar-refractivity contribution in [3.63, 3.8) is 0 Å². The minimum absolute atomic E-state index is 0.0400. The lowest BCUT2D eigenvalue weighted by Gasteiger charge is -2.04. The minimum atomic E-state index is -0.403. The quantitative estimate of drug-likeness (QED) is 0.578. The molecule has 0 fully saturated rings. The fraction of sp³-hybridized carbons (Fsp3) is 0.176. The Balaban J connectivity index is 1.50. The summed E-state index contributed by atoms with van der Waals surface area (Å²) in [6.45, 7) is 1.66. The molecule has 140 valence electrons. The number of nitrogens with zero attached hydrogens (tertiary/aromatic N) is 2. The van der Waals surface area contributed by atoms with E-state index in [-0.39, 0.29) is 30.4 Å². The van der Waals surface area contributed by atoms with Crippen LogP contribution in [0.15, 0.2) is 38.6 Å². The van der Waals surface area contributed by atoms with Crippen LogP contribution in [0.1, 0.15) is 27.5 Å². The lowest BCUT2D eigenvalue weighted by molar-refractivity contribution is -0.121. The van der Waals surface area contributed by atoms with Gasteiger partial charge < -0.3 is 4.52 Å². The number of benzene rings is 1. The number of aryl methyl sites for hydroxylation is 2. The fourth-order valence-corrected chi connectivity index (χ4v) is 3.39. The number of hydrogen-bond acceptors (Lipinski definition) is 6. The van der Waals surface area contributed by atoms with E-state index in [4.69, 9.17) is 4.52 Å². The average molecular weight is 453 g/mol. The van der Waals surface area contributed by atoms with E-state index in [1.54, 1.807) is 31.2 Å². The molecule has 0 spiro atoms. The zero-order valence-electron chi connectivity index (χ0n) is 14.1. The number of amides is 2. The van der Waals surface area contributed by atoms with Gasteiger partial charge in [0.25, 0.3) is 5.91 Å². The molecule has 1 aromatic carbocycles. The molecule has 0 unspecified atom stereocenters. The van der Waals surface area contributed by atoms with E-state index in [1.165, 1.54) is 17.4 Å². The van der Waals surface area contributed by atoms with Crippen molar-refractivity contribution in [3.05, 3.63) is 56.3 Å². The fourth-order valence-electron chi connectivity index (χ4n) is 2.11. The van der Waals surface area contributed by atoms with Crippen LogP contribution < -0.4 is 10.9 Å². The molecule has 2 heterocycles. The molecule has 3 aromatic rings. The number of carbonyl (C=O) groups is 2. The van der Waals surface area contributed by atoms with Crippen LogP contribution in [0.5, 0.6) is 0 Å². The molecule has 0 radical (unpaired) electrons. The van der Waals surface area contributed by atoms with Crippen molar-refractivity contribution in [2.75, 3.05) is 0 Å². The van der Waals surface area contributed by atoms with Gasteiger partial charge in [0.1, 0.15) is 5.82 Å². The normalized spacial score (nSPS) is 10.6. The highest BCUT2D eigenvalue weighted by Gasteiger charge is 2.13. The highest BCUT2D eigenvalue weighted by atomic mass is 79.9. The maximum Gasteiger partial charge on any atom is 0.279 e. The molecule has 10 heteroatoms. The van der Waals surface area contributed by atoms with Crippen molar-refractivity contribution in [1.29, 1.82) is 0 Å². The molecule has 0 bridgehead atoms. The Hall–Kier alpha value is -2.59. The van der Waals surface area contributed by atoms with Crippen molar-refractivity contribution in [2.45, 2.75) is 19.8 Å². The second-order valence-corrected chi connectivity index (χ2v) is 8.04. The molecule has 0 aliphatic heterocycles. The van der Waals surface area contributed by atoms with Crippen molar-refractivity contribution >= 4 is 39.1 Å². The summed E-state index contributed by atoms with van der Waals surface area (Å²) in [7, 11) is 0. The third-order valence-corrected chi connectivity index (χ3v) is 5.20. The van der Waals surface area contributed by atoms with E-state index in [1.807, 2.05) is 0 Å². The van der Waals surface area contributed by atoms with Crippen LogP contribution in [0, 0.1) is 12.7 Å². The van der Waals surface area contributed by atoms with Gasteiger partial charge in [0.15, 0.2) is 0 Å². The van der Waals surface area contributed by atoms with Crippen LogP contribution in [0.25, 0.3) is 11.4 Å². The van der Waals surface area contributed by atoms with Crippen molar-refractivity contribution in [2.24, 2.45) is 0 Å². The number of hydrogen-bond donors (Lipinski definition) is 2. The summed E-state index contributed by atoms with van der Waals surface area (Å²) in [6, 6.07) is 8.04. The topological polar surface area (TPSA) is 97.1 Å².